The van der Waals surface area contributed by atoms with Crippen LogP contribution in [0.4, 0.5) is 0 Å². The molecule has 0 unspecified atom stereocenters. The molecule has 3 aromatic carbocycles. The highest BCUT2D eigenvalue weighted by molar-refractivity contribution is 6.05. The van der Waals surface area contributed by atoms with Gasteiger partial charge in [0.15, 0.2) is 6.10 Å². The molecule has 5 heteroatoms. The molecule has 3 rings (SSSR count). The first-order valence-corrected chi connectivity index (χ1v) is 13.9. The largest absolute Gasteiger partial charge is 0.460 e. The van der Waals surface area contributed by atoms with E-state index in [9.17, 15) is 4.79 Å². The van der Waals surface area contributed by atoms with Crippen molar-refractivity contribution in [2.24, 2.45) is 0 Å². The van der Waals surface area contributed by atoms with Crippen molar-refractivity contribution < 1.29 is 23.7 Å². The number of unbranched alkanes of at least 4 members (excludes halogenated alkanes) is 6. The third-order valence-corrected chi connectivity index (χ3v) is 6.93. The van der Waals surface area contributed by atoms with Crippen molar-refractivity contribution in [2.75, 3.05) is 27.6 Å². The van der Waals surface area contributed by atoms with Gasteiger partial charge in [-0.3, -0.25) is 0 Å². The van der Waals surface area contributed by atoms with Crippen LogP contribution in [0, 0.1) is 0 Å². The third kappa shape index (κ3) is 8.80. The van der Waals surface area contributed by atoms with Crippen LogP contribution < -0.4 is 0 Å². The van der Waals surface area contributed by atoms with Gasteiger partial charge in [-0.25, -0.2) is 4.79 Å². The highest BCUT2D eigenvalue weighted by Crippen LogP contribution is 2.35. The van der Waals surface area contributed by atoms with Gasteiger partial charge >= 0.3 is 5.97 Å². The molecule has 202 valence electrons. The lowest BCUT2D eigenvalue weighted by Gasteiger charge is -2.23. The molecule has 0 bridgehead atoms. The first-order valence-electron chi connectivity index (χ1n) is 13.9. The van der Waals surface area contributed by atoms with Gasteiger partial charge in [-0.2, -0.15) is 0 Å². The monoisotopic (exact) mass is 508 g/mol. The second kappa shape index (κ2) is 16.4. The number of fused-ring (bicyclic) bond motifs is 2. The van der Waals surface area contributed by atoms with E-state index in [0.717, 1.165) is 65.8 Å². The summed E-state index contributed by atoms with van der Waals surface area (Å²) in [6.45, 7) is 3.30. The van der Waals surface area contributed by atoms with Gasteiger partial charge in [-0.05, 0) is 53.3 Å². The summed E-state index contributed by atoms with van der Waals surface area (Å²) in [5.41, 5.74) is 0.893. The predicted octanol–water partition coefficient (Wildman–Crippen LogP) is 8.13. The van der Waals surface area contributed by atoms with Gasteiger partial charge in [0, 0.05) is 26.4 Å². The normalized spacial score (nSPS) is 13.2. The molecular weight excluding hydrogens is 464 g/mol. The molecule has 0 N–H and O–H groups in total. The van der Waals surface area contributed by atoms with Crippen molar-refractivity contribution in [1.29, 1.82) is 0 Å². The van der Waals surface area contributed by atoms with Crippen LogP contribution in [0.3, 0.4) is 0 Å². The Hall–Kier alpha value is -2.47. The molecular formula is C32H44O5. The van der Waals surface area contributed by atoms with Crippen molar-refractivity contribution >= 4 is 27.5 Å². The fourth-order valence-electron chi connectivity index (χ4n) is 5.08. The minimum Gasteiger partial charge on any atom is -0.460 e. The van der Waals surface area contributed by atoms with Crippen molar-refractivity contribution in [2.45, 2.75) is 83.3 Å². The third-order valence-electron chi connectivity index (χ3n) is 6.93. The Morgan fingerprint density at radius 2 is 1.38 bits per heavy atom. The van der Waals surface area contributed by atoms with Crippen molar-refractivity contribution in [1.82, 2.24) is 0 Å². The number of carbonyl (C=O) groups excluding carboxylic acids is 1. The number of methoxy groups -OCH3 is 2. The minimum atomic E-state index is -0.761. The second-order valence-corrected chi connectivity index (χ2v) is 9.77. The number of esters is 1. The molecule has 0 aliphatic carbocycles. The molecule has 3 aromatic rings. The molecule has 0 spiro atoms. The summed E-state index contributed by atoms with van der Waals surface area (Å²) in [6.07, 6.45) is 10.1. The van der Waals surface area contributed by atoms with Crippen LogP contribution in [0.1, 0.15) is 82.8 Å². The van der Waals surface area contributed by atoms with Gasteiger partial charge in [0.1, 0.15) is 12.9 Å². The number of hydrogen-bond donors (Lipinski definition) is 0. The van der Waals surface area contributed by atoms with E-state index in [1.807, 2.05) is 24.3 Å². The zero-order valence-corrected chi connectivity index (χ0v) is 22.9. The first kappa shape index (κ1) is 29.1. The maximum absolute atomic E-state index is 13.5. The molecule has 0 amide bonds. The maximum Gasteiger partial charge on any atom is 0.340 e. The molecule has 0 aromatic heterocycles. The first-order chi connectivity index (χ1) is 18.2. The lowest BCUT2D eigenvalue weighted by atomic mass is 9.93. The molecule has 2 atom stereocenters. The molecule has 5 nitrogen and oxygen atoms in total. The van der Waals surface area contributed by atoms with E-state index >= 15 is 0 Å². The number of benzene rings is 3. The Labute approximate surface area is 222 Å². The van der Waals surface area contributed by atoms with Crippen LogP contribution in [0.15, 0.2) is 54.6 Å². The fraction of sp³-hybridized carbons (Fsp3) is 0.531. The van der Waals surface area contributed by atoms with Crippen LogP contribution >= 0.6 is 0 Å². The number of ether oxygens (including phenoxy) is 4. The van der Waals surface area contributed by atoms with Crippen LogP contribution in [-0.4, -0.2) is 39.7 Å². The summed E-state index contributed by atoms with van der Waals surface area (Å²) in [7, 11) is 3.25. The molecule has 0 fully saturated rings. The molecule has 37 heavy (non-hydrogen) atoms. The summed E-state index contributed by atoms with van der Waals surface area (Å²) < 4.78 is 22.1. The van der Waals surface area contributed by atoms with Gasteiger partial charge < -0.3 is 18.9 Å². The minimum absolute atomic E-state index is 0.0747. The second-order valence-electron chi connectivity index (χ2n) is 9.77. The van der Waals surface area contributed by atoms with Gasteiger partial charge in [-0.15, -0.1) is 0 Å². The van der Waals surface area contributed by atoms with Crippen LogP contribution in [0.2, 0.25) is 0 Å². The lowest BCUT2D eigenvalue weighted by Crippen LogP contribution is -2.25. The van der Waals surface area contributed by atoms with Crippen molar-refractivity contribution in [3.63, 3.8) is 0 Å². The number of rotatable bonds is 18. The zero-order chi connectivity index (χ0) is 26.3. The maximum atomic E-state index is 13.5. The average Bonchev–Trinajstić information content (AvgIpc) is 2.91. The van der Waals surface area contributed by atoms with E-state index in [-0.39, 0.29) is 12.1 Å². The van der Waals surface area contributed by atoms with Crippen molar-refractivity contribution in [3.05, 3.63) is 60.2 Å². The topological polar surface area (TPSA) is 54.0 Å². The lowest BCUT2D eigenvalue weighted by molar-refractivity contribution is -0.162. The van der Waals surface area contributed by atoms with E-state index in [0.29, 0.717) is 6.79 Å². The SMILES string of the molecule is CCC[C@H](CCCCCCCCCOCOC)OC(=O)[C@@H](OC)c1c2ccccc2cc2ccccc12. The summed E-state index contributed by atoms with van der Waals surface area (Å²) in [5.74, 6) is -0.293. The molecule has 0 saturated heterocycles. The van der Waals surface area contributed by atoms with Gasteiger partial charge in [-0.1, -0.05) is 94.0 Å². The molecule has 0 aliphatic rings. The summed E-state index contributed by atoms with van der Waals surface area (Å²) in [5, 5.41) is 4.25. The Morgan fingerprint density at radius 3 is 1.97 bits per heavy atom. The summed E-state index contributed by atoms with van der Waals surface area (Å²) >= 11 is 0. The Balaban J connectivity index is 1.56. The molecule has 0 radical (unpaired) electrons. The molecule has 0 saturated carbocycles. The van der Waals surface area contributed by atoms with E-state index in [2.05, 4.69) is 37.3 Å². The predicted molar refractivity (Wildman–Crippen MR) is 151 cm³/mol. The highest BCUT2D eigenvalue weighted by atomic mass is 16.7. The summed E-state index contributed by atoms with van der Waals surface area (Å²) in [6, 6.07) is 18.5. The highest BCUT2D eigenvalue weighted by Gasteiger charge is 2.28. The van der Waals surface area contributed by atoms with E-state index in [4.69, 9.17) is 18.9 Å². The average molecular weight is 509 g/mol. The van der Waals surface area contributed by atoms with Crippen LogP contribution in [0.5, 0.6) is 0 Å². The molecule has 0 heterocycles. The van der Waals surface area contributed by atoms with Gasteiger partial charge in [0.25, 0.3) is 0 Å². The van der Waals surface area contributed by atoms with Crippen molar-refractivity contribution in [3.8, 4) is 0 Å². The van der Waals surface area contributed by atoms with E-state index in [1.165, 1.54) is 32.1 Å². The number of hydrogen-bond acceptors (Lipinski definition) is 5. The Morgan fingerprint density at radius 1 is 0.784 bits per heavy atom. The molecule has 0 aliphatic heterocycles. The Bertz CT molecular complexity index is 1030. The van der Waals surface area contributed by atoms with Crippen LogP contribution in [-0.2, 0) is 23.7 Å². The summed E-state index contributed by atoms with van der Waals surface area (Å²) in [4.78, 5) is 13.5. The van der Waals surface area contributed by atoms with E-state index in [1.54, 1.807) is 14.2 Å². The van der Waals surface area contributed by atoms with Gasteiger partial charge in [0.05, 0.1) is 0 Å². The van der Waals surface area contributed by atoms with Crippen LogP contribution in [0.25, 0.3) is 21.5 Å². The van der Waals surface area contributed by atoms with Gasteiger partial charge in [0.2, 0.25) is 0 Å². The van der Waals surface area contributed by atoms with E-state index < -0.39 is 6.10 Å². The smallest absolute Gasteiger partial charge is 0.340 e. The quantitative estimate of drug-likeness (QED) is 0.0751. The zero-order valence-electron chi connectivity index (χ0n) is 22.9. The Kier molecular flexibility index (Phi) is 12.9. The standard InChI is InChI=1S/C32H44O5/c1-4-16-27(19-10-8-6-5-7-9-15-22-36-24-34-2)37-32(33)31(35-3)30-28-20-13-11-17-25(28)23-26-18-12-14-21-29(26)30/h11-14,17-18,20-21,23,27,31H,4-10,15-16,19,22,24H2,1-3H3/t27-,31+/m1/s1. The number of carbonyl (C=O) groups is 1. The fourth-order valence-corrected chi connectivity index (χ4v) is 5.08.